The Morgan fingerprint density at radius 2 is 2.04 bits per heavy atom. The molecular formula is C21H32N2O3. The summed E-state index contributed by atoms with van der Waals surface area (Å²) in [5, 5.41) is 0. The fourth-order valence-electron chi connectivity index (χ4n) is 4.71. The third-order valence-corrected chi connectivity index (χ3v) is 6.15. The Hall–Kier alpha value is -1.01. The molecule has 1 aromatic rings. The molecule has 0 radical (unpaired) electrons. The third kappa shape index (κ3) is 4.45. The van der Waals surface area contributed by atoms with E-state index < -0.39 is 0 Å². The van der Waals surface area contributed by atoms with Gasteiger partial charge < -0.3 is 14.2 Å². The lowest BCUT2D eigenvalue weighted by Crippen LogP contribution is -2.68. The van der Waals surface area contributed by atoms with Crippen molar-refractivity contribution >= 4 is 0 Å². The maximum Gasteiger partial charge on any atom is 0.0937 e. The summed E-state index contributed by atoms with van der Waals surface area (Å²) < 4.78 is 17.6. The normalized spacial score (nSPS) is 26.7. The number of hydrogen-bond donors (Lipinski definition) is 0. The van der Waals surface area contributed by atoms with E-state index in [2.05, 4.69) is 9.88 Å². The lowest BCUT2D eigenvalue weighted by Gasteiger charge is -2.56. The van der Waals surface area contributed by atoms with Crippen molar-refractivity contribution < 1.29 is 14.2 Å². The Labute approximate surface area is 157 Å². The molecule has 4 rings (SSSR count). The largest absolute Gasteiger partial charge is 0.381 e. The summed E-state index contributed by atoms with van der Waals surface area (Å²) in [6, 6.07) is 6.82. The number of ether oxygens (including phenoxy) is 3. The standard InChI is InChI=1S/C21H32N2O3/c1-17-3-2-4-19(22-17)14-25-9-5-18-6-12-26-21(13-18)15-23(16-21)20-7-10-24-11-8-20/h2-4,18,20H,5-16H2,1H3/t18-/m0/s1. The molecule has 3 aliphatic heterocycles. The summed E-state index contributed by atoms with van der Waals surface area (Å²) in [6.45, 7) is 8.44. The fraction of sp³-hybridized carbons (Fsp3) is 0.762. The Bertz CT molecular complexity index is 582. The van der Waals surface area contributed by atoms with Gasteiger partial charge in [0.2, 0.25) is 0 Å². The highest BCUT2D eigenvalue weighted by Gasteiger charge is 2.49. The topological polar surface area (TPSA) is 43.8 Å². The molecule has 3 fully saturated rings. The highest BCUT2D eigenvalue weighted by atomic mass is 16.5. The quantitative estimate of drug-likeness (QED) is 0.730. The smallest absolute Gasteiger partial charge is 0.0937 e. The van der Waals surface area contributed by atoms with Crippen LogP contribution in [0.4, 0.5) is 0 Å². The van der Waals surface area contributed by atoms with Crippen molar-refractivity contribution in [2.45, 2.75) is 57.3 Å². The van der Waals surface area contributed by atoms with Crippen molar-refractivity contribution in [3.8, 4) is 0 Å². The molecule has 0 amide bonds. The van der Waals surface area contributed by atoms with E-state index in [1.165, 1.54) is 25.7 Å². The maximum absolute atomic E-state index is 6.22. The van der Waals surface area contributed by atoms with Gasteiger partial charge in [0.15, 0.2) is 0 Å². The van der Waals surface area contributed by atoms with Crippen LogP contribution in [0.1, 0.15) is 43.5 Å². The first kappa shape index (κ1) is 18.4. The molecule has 0 saturated carbocycles. The van der Waals surface area contributed by atoms with Crippen molar-refractivity contribution in [3.05, 3.63) is 29.6 Å². The van der Waals surface area contributed by atoms with Crippen LogP contribution in [0, 0.1) is 12.8 Å². The molecule has 0 aliphatic carbocycles. The van der Waals surface area contributed by atoms with E-state index in [0.29, 0.717) is 12.6 Å². The molecule has 0 bridgehead atoms. The molecule has 1 atom stereocenters. The number of aryl methyl sites for hydroxylation is 1. The molecule has 3 aliphatic rings. The van der Waals surface area contributed by atoms with Crippen LogP contribution in [0.3, 0.4) is 0 Å². The summed E-state index contributed by atoms with van der Waals surface area (Å²) in [6.07, 6.45) is 5.86. The predicted molar refractivity (Wildman–Crippen MR) is 100 cm³/mol. The minimum atomic E-state index is 0.124. The van der Waals surface area contributed by atoms with Crippen molar-refractivity contribution in [1.29, 1.82) is 0 Å². The lowest BCUT2D eigenvalue weighted by atomic mass is 9.78. The maximum atomic E-state index is 6.22. The van der Waals surface area contributed by atoms with Crippen LogP contribution in [-0.2, 0) is 20.8 Å². The summed E-state index contributed by atoms with van der Waals surface area (Å²) in [7, 11) is 0. The van der Waals surface area contributed by atoms with Gasteiger partial charge in [0.1, 0.15) is 0 Å². The van der Waals surface area contributed by atoms with E-state index in [-0.39, 0.29) is 5.60 Å². The van der Waals surface area contributed by atoms with Gasteiger partial charge >= 0.3 is 0 Å². The summed E-state index contributed by atoms with van der Waals surface area (Å²) in [4.78, 5) is 7.11. The van der Waals surface area contributed by atoms with Gasteiger partial charge in [-0.15, -0.1) is 0 Å². The van der Waals surface area contributed by atoms with E-state index in [1.54, 1.807) is 0 Å². The monoisotopic (exact) mass is 360 g/mol. The Morgan fingerprint density at radius 3 is 2.85 bits per heavy atom. The average molecular weight is 360 g/mol. The second-order valence-electron chi connectivity index (χ2n) is 8.25. The summed E-state index contributed by atoms with van der Waals surface area (Å²) in [5.41, 5.74) is 2.20. The van der Waals surface area contributed by atoms with Crippen LogP contribution < -0.4 is 0 Å². The fourth-order valence-corrected chi connectivity index (χ4v) is 4.71. The van der Waals surface area contributed by atoms with Crippen molar-refractivity contribution in [2.24, 2.45) is 5.92 Å². The first-order valence-electron chi connectivity index (χ1n) is 10.2. The highest BCUT2D eigenvalue weighted by Crippen LogP contribution is 2.40. The molecule has 5 nitrogen and oxygen atoms in total. The van der Waals surface area contributed by atoms with E-state index in [9.17, 15) is 0 Å². The van der Waals surface area contributed by atoms with Crippen molar-refractivity contribution in [2.75, 3.05) is 39.5 Å². The molecule has 0 unspecified atom stereocenters. The zero-order valence-electron chi connectivity index (χ0n) is 16.0. The number of hydrogen-bond acceptors (Lipinski definition) is 5. The van der Waals surface area contributed by atoms with E-state index in [0.717, 1.165) is 63.2 Å². The Morgan fingerprint density at radius 1 is 1.19 bits per heavy atom. The van der Waals surface area contributed by atoms with Crippen LogP contribution in [0.15, 0.2) is 18.2 Å². The van der Waals surface area contributed by atoms with Crippen LogP contribution in [0.25, 0.3) is 0 Å². The van der Waals surface area contributed by atoms with Gasteiger partial charge in [-0.1, -0.05) is 6.07 Å². The molecular weight excluding hydrogens is 328 g/mol. The average Bonchev–Trinajstić information content (AvgIpc) is 2.64. The lowest BCUT2D eigenvalue weighted by molar-refractivity contribution is -0.195. The number of rotatable bonds is 6. The van der Waals surface area contributed by atoms with Gasteiger partial charge in [0, 0.05) is 51.3 Å². The zero-order chi connectivity index (χ0) is 17.8. The zero-order valence-corrected chi connectivity index (χ0v) is 16.0. The molecule has 26 heavy (non-hydrogen) atoms. The molecule has 0 aromatic carbocycles. The van der Waals surface area contributed by atoms with Gasteiger partial charge in [-0.2, -0.15) is 0 Å². The second-order valence-corrected chi connectivity index (χ2v) is 8.25. The van der Waals surface area contributed by atoms with Crippen LogP contribution >= 0.6 is 0 Å². The van der Waals surface area contributed by atoms with Gasteiger partial charge in [-0.05, 0) is 57.1 Å². The number of nitrogens with zero attached hydrogens (tertiary/aromatic N) is 2. The number of aromatic nitrogens is 1. The molecule has 0 N–H and O–H groups in total. The van der Waals surface area contributed by atoms with Gasteiger partial charge in [0.05, 0.1) is 17.9 Å². The van der Waals surface area contributed by atoms with Gasteiger partial charge in [-0.25, -0.2) is 0 Å². The molecule has 4 heterocycles. The SMILES string of the molecule is Cc1cccc(COCC[C@H]2CCOC3(C2)CN(C2CCOCC2)C3)n1. The number of pyridine rings is 1. The minimum absolute atomic E-state index is 0.124. The Balaban J connectivity index is 1.17. The van der Waals surface area contributed by atoms with E-state index >= 15 is 0 Å². The molecule has 1 spiro atoms. The van der Waals surface area contributed by atoms with Gasteiger partial charge in [-0.3, -0.25) is 9.88 Å². The first-order valence-corrected chi connectivity index (χ1v) is 10.2. The molecule has 5 heteroatoms. The van der Waals surface area contributed by atoms with Crippen LogP contribution in [0.5, 0.6) is 0 Å². The number of likely N-dealkylation sites (tertiary alicyclic amines) is 1. The molecule has 3 saturated heterocycles. The van der Waals surface area contributed by atoms with E-state index in [4.69, 9.17) is 14.2 Å². The highest BCUT2D eigenvalue weighted by molar-refractivity contribution is 5.09. The summed E-state index contributed by atoms with van der Waals surface area (Å²) in [5.74, 6) is 0.728. The van der Waals surface area contributed by atoms with Gasteiger partial charge in [0.25, 0.3) is 0 Å². The predicted octanol–water partition coefficient (Wildman–Crippen LogP) is 2.96. The second kappa shape index (κ2) is 8.34. The summed E-state index contributed by atoms with van der Waals surface area (Å²) >= 11 is 0. The van der Waals surface area contributed by atoms with Crippen LogP contribution in [0.2, 0.25) is 0 Å². The molecule has 144 valence electrons. The minimum Gasteiger partial charge on any atom is -0.381 e. The van der Waals surface area contributed by atoms with Crippen molar-refractivity contribution in [1.82, 2.24) is 9.88 Å². The first-order chi connectivity index (χ1) is 12.7. The third-order valence-electron chi connectivity index (χ3n) is 6.15. The van der Waals surface area contributed by atoms with Crippen LogP contribution in [-0.4, -0.2) is 61.0 Å². The van der Waals surface area contributed by atoms with Crippen molar-refractivity contribution in [3.63, 3.8) is 0 Å². The Kier molecular flexibility index (Phi) is 5.89. The van der Waals surface area contributed by atoms with E-state index in [1.807, 2.05) is 25.1 Å². The molecule has 1 aromatic heterocycles.